The molecule has 0 aromatic heterocycles. The van der Waals surface area contributed by atoms with Gasteiger partial charge in [0.25, 0.3) is 0 Å². The highest BCUT2D eigenvalue weighted by Crippen LogP contribution is 2.19. The third-order valence-corrected chi connectivity index (χ3v) is 3.01. The van der Waals surface area contributed by atoms with Gasteiger partial charge in [-0.15, -0.1) is 11.6 Å². The molecule has 0 spiro atoms. The average molecular weight is 234 g/mol. The zero-order valence-electron chi connectivity index (χ0n) is 9.46. The van der Waals surface area contributed by atoms with Gasteiger partial charge in [-0.2, -0.15) is 0 Å². The molecule has 1 fully saturated rings. The second-order valence-electron chi connectivity index (χ2n) is 4.40. The fraction of sp³-hybridized carbons (Fsp3) is 0.909. The maximum absolute atomic E-state index is 11.7. The Hall–Kier alpha value is -0.280. The summed E-state index contributed by atoms with van der Waals surface area (Å²) in [7, 11) is 0. The van der Waals surface area contributed by atoms with E-state index in [4.69, 9.17) is 16.3 Å². The molecule has 1 amide bonds. The van der Waals surface area contributed by atoms with Gasteiger partial charge in [0.2, 0.25) is 5.91 Å². The lowest BCUT2D eigenvalue weighted by molar-refractivity contribution is -0.125. The summed E-state index contributed by atoms with van der Waals surface area (Å²) in [5.74, 6) is 1.27. The van der Waals surface area contributed by atoms with Crippen LogP contribution in [0, 0.1) is 11.8 Å². The summed E-state index contributed by atoms with van der Waals surface area (Å²) in [4.78, 5) is 11.7. The van der Waals surface area contributed by atoms with Crippen molar-refractivity contribution in [2.24, 2.45) is 11.8 Å². The van der Waals surface area contributed by atoms with Gasteiger partial charge in [0, 0.05) is 12.4 Å². The molecular weight excluding hydrogens is 214 g/mol. The minimum atomic E-state index is 0.0446. The van der Waals surface area contributed by atoms with E-state index in [1.165, 1.54) is 0 Å². The number of rotatable bonds is 5. The Labute approximate surface area is 96.5 Å². The Balaban J connectivity index is 2.18. The van der Waals surface area contributed by atoms with Gasteiger partial charge >= 0.3 is 0 Å². The zero-order chi connectivity index (χ0) is 11.3. The van der Waals surface area contributed by atoms with Crippen LogP contribution in [-0.4, -0.2) is 31.0 Å². The van der Waals surface area contributed by atoms with Gasteiger partial charge in [0.05, 0.1) is 18.6 Å². The molecule has 0 aromatic rings. The van der Waals surface area contributed by atoms with Crippen LogP contribution in [0.5, 0.6) is 0 Å². The fourth-order valence-electron chi connectivity index (χ4n) is 1.71. The van der Waals surface area contributed by atoms with Crippen molar-refractivity contribution in [1.82, 2.24) is 5.32 Å². The summed E-state index contributed by atoms with van der Waals surface area (Å²) in [6.45, 7) is 5.38. The number of amides is 1. The summed E-state index contributed by atoms with van der Waals surface area (Å²) in [6, 6.07) is 0. The lowest BCUT2D eigenvalue weighted by Crippen LogP contribution is -2.34. The molecule has 0 radical (unpaired) electrons. The van der Waals surface area contributed by atoms with Crippen molar-refractivity contribution >= 4 is 17.5 Å². The molecule has 1 aliphatic heterocycles. The van der Waals surface area contributed by atoms with Gasteiger partial charge in [-0.25, -0.2) is 0 Å². The number of nitrogens with one attached hydrogen (secondary N) is 1. The van der Waals surface area contributed by atoms with E-state index >= 15 is 0 Å². The minimum Gasteiger partial charge on any atom is -0.378 e. The molecule has 0 aromatic carbocycles. The molecule has 4 heteroatoms. The Kier molecular flexibility index (Phi) is 5.40. The quantitative estimate of drug-likeness (QED) is 0.736. The largest absolute Gasteiger partial charge is 0.378 e. The van der Waals surface area contributed by atoms with Crippen molar-refractivity contribution in [1.29, 1.82) is 0 Å². The van der Waals surface area contributed by atoms with Crippen LogP contribution >= 0.6 is 11.6 Å². The Morgan fingerprint density at radius 2 is 2.40 bits per heavy atom. The standard InChI is InChI=1S/C11H20ClNO2/c1-8(3-4-12)6-13-11(14)10-5-9(2)15-7-10/h8-10H,3-7H2,1-2H3,(H,13,14). The first-order valence-electron chi connectivity index (χ1n) is 5.58. The maximum atomic E-state index is 11.7. The second kappa shape index (κ2) is 6.33. The van der Waals surface area contributed by atoms with Crippen molar-refractivity contribution in [3.63, 3.8) is 0 Å². The fourth-order valence-corrected chi connectivity index (χ4v) is 2.08. The Morgan fingerprint density at radius 3 is 2.93 bits per heavy atom. The van der Waals surface area contributed by atoms with E-state index < -0.39 is 0 Å². The first kappa shape index (κ1) is 12.8. The molecular formula is C11H20ClNO2. The van der Waals surface area contributed by atoms with Crippen molar-refractivity contribution in [3.05, 3.63) is 0 Å². The lowest BCUT2D eigenvalue weighted by atomic mass is 10.0. The van der Waals surface area contributed by atoms with E-state index in [0.29, 0.717) is 18.4 Å². The highest BCUT2D eigenvalue weighted by Gasteiger charge is 2.27. The summed E-state index contributed by atoms with van der Waals surface area (Å²) in [5, 5.41) is 2.95. The van der Waals surface area contributed by atoms with Crippen molar-refractivity contribution < 1.29 is 9.53 Å². The van der Waals surface area contributed by atoms with Crippen molar-refractivity contribution in [2.45, 2.75) is 32.8 Å². The van der Waals surface area contributed by atoms with Crippen molar-refractivity contribution in [2.75, 3.05) is 19.0 Å². The van der Waals surface area contributed by atoms with Gasteiger partial charge in [-0.05, 0) is 25.7 Å². The number of alkyl halides is 1. The van der Waals surface area contributed by atoms with E-state index in [-0.39, 0.29) is 17.9 Å². The number of halogens is 1. The number of carbonyl (C=O) groups excluding carboxylic acids is 1. The average Bonchev–Trinajstić information content (AvgIpc) is 2.62. The highest BCUT2D eigenvalue weighted by molar-refractivity contribution is 6.17. The molecule has 88 valence electrons. The number of carbonyl (C=O) groups is 1. The molecule has 1 heterocycles. The monoisotopic (exact) mass is 233 g/mol. The van der Waals surface area contributed by atoms with E-state index in [1.807, 2.05) is 6.92 Å². The normalized spacial score (nSPS) is 27.7. The Morgan fingerprint density at radius 1 is 1.67 bits per heavy atom. The number of hydrogen-bond donors (Lipinski definition) is 1. The van der Waals surface area contributed by atoms with Gasteiger partial charge in [-0.1, -0.05) is 6.92 Å². The molecule has 15 heavy (non-hydrogen) atoms. The van der Waals surface area contributed by atoms with Crippen LogP contribution in [0.4, 0.5) is 0 Å². The summed E-state index contributed by atoms with van der Waals surface area (Å²) in [5.41, 5.74) is 0. The molecule has 0 bridgehead atoms. The van der Waals surface area contributed by atoms with Crippen LogP contribution in [0.2, 0.25) is 0 Å². The van der Waals surface area contributed by atoms with Crippen LogP contribution in [0.1, 0.15) is 26.7 Å². The van der Waals surface area contributed by atoms with Crippen LogP contribution < -0.4 is 5.32 Å². The molecule has 3 atom stereocenters. The van der Waals surface area contributed by atoms with Gasteiger partial charge in [0.1, 0.15) is 0 Å². The summed E-state index contributed by atoms with van der Waals surface area (Å²) < 4.78 is 5.36. The van der Waals surface area contributed by atoms with E-state index in [1.54, 1.807) is 0 Å². The third-order valence-electron chi connectivity index (χ3n) is 2.80. The smallest absolute Gasteiger partial charge is 0.225 e. The Bertz CT molecular complexity index is 211. The van der Waals surface area contributed by atoms with Crippen molar-refractivity contribution in [3.8, 4) is 0 Å². The molecule has 0 saturated carbocycles. The molecule has 1 rings (SSSR count). The summed E-state index contributed by atoms with van der Waals surface area (Å²) >= 11 is 5.63. The van der Waals surface area contributed by atoms with Crippen LogP contribution in [0.25, 0.3) is 0 Å². The minimum absolute atomic E-state index is 0.0446. The topological polar surface area (TPSA) is 38.3 Å². The second-order valence-corrected chi connectivity index (χ2v) is 4.78. The zero-order valence-corrected chi connectivity index (χ0v) is 10.2. The third kappa shape index (κ3) is 4.39. The first-order chi connectivity index (χ1) is 7.13. The number of hydrogen-bond acceptors (Lipinski definition) is 2. The highest BCUT2D eigenvalue weighted by atomic mass is 35.5. The SMILES string of the molecule is CC(CCCl)CNC(=O)C1COC(C)C1. The number of ether oxygens (including phenoxy) is 1. The molecule has 3 unspecified atom stereocenters. The molecule has 1 aliphatic rings. The van der Waals surface area contributed by atoms with Gasteiger partial charge < -0.3 is 10.1 Å². The first-order valence-corrected chi connectivity index (χ1v) is 6.12. The molecule has 3 nitrogen and oxygen atoms in total. The molecule has 0 aliphatic carbocycles. The van der Waals surface area contributed by atoms with Gasteiger partial charge in [0.15, 0.2) is 0 Å². The molecule has 1 N–H and O–H groups in total. The predicted octanol–water partition coefficient (Wildman–Crippen LogP) is 1.79. The summed E-state index contributed by atoms with van der Waals surface area (Å²) in [6.07, 6.45) is 2.01. The van der Waals surface area contributed by atoms with Crippen LogP contribution in [-0.2, 0) is 9.53 Å². The van der Waals surface area contributed by atoms with E-state index in [0.717, 1.165) is 19.4 Å². The van der Waals surface area contributed by atoms with Crippen LogP contribution in [0.15, 0.2) is 0 Å². The van der Waals surface area contributed by atoms with Gasteiger partial charge in [-0.3, -0.25) is 4.79 Å². The maximum Gasteiger partial charge on any atom is 0.225 e. The van der Waals surface area contributed by atoms with Crippen LogP contribution in [0.3, 0.4) is 0 Å². The predicted molar refractivity (Wildman–Crippen MR) is 61.0 cm³/mol. The van der Waals surface area contributed by atoms with E-state index in [9.17, 15) is 4.79 Å². The lowest BCUT2D eigenvalue weighted by Gasteiger charge is -2.13. The molecule has 1 saturated heterocycles. The van der Waals surface area contributed by atoms with E-state index in [2.05, 4.69) is 12.2 Å².